The maximum Gasteiger partial charge on any atom is 0.146 e. The van der Waals surface area contributed by atoms with Crippen molar-refractivity contribution >= 4 is 5.78 Å². The molecule has 0 radical (unpaired) electrons. The Morgan fingerprint density at radius 2 is 1.94 bits per heavy atom. The van der Waals surface area contributed by atoms with Crippen LogP contribution in [0.3, 0.4) is 0 Å². The fourth-order valence-corrected chi connectivity index (χ4v) is 5.35. The van der Waals surface area contributed by atoms with E-state index in [-0.39, 0.29) is 16.7 Å². The number of fused-ring (bicyclic) bond motifs is 1. The van der Waals surface area contributed by atoms with Gasteiger partial charge in [-0.1, -0.05) is 31.9 Å². The largest absolute Gasteiger partial charge is 0.298 e. The van der Waals surface area contributed by atoms with E-state index in [9.17, 15) is 4.79 Å². The van der Waals surface area contributed by atoms with E-state index in [1.165, 1.54) is 24.0 Å². The van der Waals surface area contributed by atoms with Gasteiger partial charge in [0, 0.05) is 11.3 Å². The van der Waals surface area contributed by atoms with Gasteiger partial charge in [-0.05, 0) is 56.8 Å². The summed E-state index contributed by atoms with van der Waals surface area (Å²) in [5.74, 6) is 2.39. The van der Waals surface area contributed by atoms with Gasteiger partial charge in [0.25, 0.3) is 0 Å². The number of Topliss-reactive ketones (excluding diaryl/α,β-unsaturated/α-hetero) is 1. The van der Waals surface area contributed by atoms with Crippen LogP contribution >= 0.6 is 0 Å². The first-order valence-corrected chi connectivity index (χ1v) is 7.52. The Labute approximate surface area is 111 Å². The second-order valence-corrected chi connectivity index (χ2v) is 7.73. The second kappa shape index (κ2) is 3.49. The van der Waals surface area contributed by atoms with Crippen LogP contribution in [0.2, 0.25) is 0 Å². The summed E-state index contributed by atoms with van der Waals surface area (Å²) in [7, 11) is 0. The van der Waals surface area contributed by atoms with E-state index in [0.29, 0.717) is 5.78 Å². The number of carbonyl (C=O) groups excluding carboxylic acids is 1. The van der Waals surface area contributed by atoms with Crippen molar-refractivity contribution in [3.05, 3.63) is 11.1 Å². The molecule has 0 spiro atoms. The topological polar surface area (TPSA) is 17.1 Å². The second-order valence-electron chi connectivity index (χ2n) is 7.73. The van der Waals surface area contributed by atoms with Crippen LogP contribution in [-0.2, 0) is 4.79 Å². The monoisotopic (exact) mass is 246 g/mol. The van der Waals surface area contributed by atoms with E-state index in [1.54, 1.807) is 0 Å². The molecule has 0 aromatic heterocycles. The number of carbonyl (C=O) groups is 1. The van der Waals surface area contributed by atoms with Crippen LogP contribution in [0.15, 0.2) is 11.1 Å². The summed E-state index contributed by atoms with van der Waals surface area (Å²) in [5.41, 5.74) is 3.06. The van der Waals surface area contributed by atoms with Crippen molar-refractivity contribution < 1.29 is 4.79 Å². The Morgan fingerprint density at radius 1 is 1.28 bits per heavy atom. The van der Waals surface area contributed by atoms with E-state index in [2.05, 4.69) is 34.6 Å². The normalized spacial score (nSPS) is 50.6. The Balaban J connectivity index is 2.15. The molecule has 4 rings (SSSR count). The van der Waals surface area contributed by atoms with Gasteiger partial charge in [-0.25, -0.2) is 0 Å². The highest BCUT2D eigenvalue weighted by molar-refractivity contribution is 5.92. The van der Waals surface area contributed by atoms with Crippen LogP contribution in [0.25, 0.3) is 0 Å². The molecule has 100 valence electrons. The first kappa shape index (κ1) is 12.4. The molecular formula is C17H26O. The summed E-state index contributed by atoms with van der Waals surface area (Å²) < 4.78 is 0. The third-order valence-corrected chi connectivity index (χ3v) is 6.84. The van der Waals surface area contributed by atoms with E-state index in [0.717, 1.165) is 24.7 Å². The van der Waals surface area contributed by atoms with Crippen molar-refractivity contribution in [2.24, 2.45) is 28.6 Å². The minimum Gasteiger partial charge on any atom is -0.298 e. The third kappa shape index (κ3) is 1.21. The minimum absolute atomic E-state index is 0.0357. The molecule has 5 atom stereocenters. The molecule has 0 aromatic carbocycles. The van der Waals surface area contributed by atoms with E-state index in [4.69, 9.17) is 0 Å². The molecule has 18 heavy (non-hydrogen) atoms. The molecule has 0 N–H and O–H groups in total. The maximum absolute atomic E-state index is 12.9. The third-order valence-electron chi connectivity index (χ3n) is 6.84. The van der Waals surface area contributed by atoms with Crippen LogP contribution in [0.5, 0.6) is 0 Å². The number of rotatable bonds is 0. The SMILES string of the molecule is CC(C)=C1C[C@]2(C)[C@@H]3C[C@H]1C(=O)[C@@]2(C)CC[C@H]3C. The predicted octanol–water partition coefficient (Wildman–Crippen LogP) is 4.37. The Bertz CT molecular complexity index is 443. The number of ketones is 1. The lowest BCUT2D eigenvalue weighted by molar-refractivity contribution is -0.173. The first-order chi connectivity index (χ1) is 8.31. The van der Waals surface area contributed by atoms with Gasteiger partial charge in [-0.15, -0.1) is 0 Å². The maximum atomic E-state index is 12.9. The quantitative estimate of drug-likeness (QED) is 0.580. The van der Waals surface area contributed by atoms with Gasteiger partial charge in [-0.2, -0.15) is 0 Å². The molecule has 4 saturated carbocycles. The molecule has 4 aliphatic carbocycles. The standard InChI is InChI=1S/C17H26O/c1-10(2)13-9-17(5)14-8-12(13)15(18)16(17,4)7-6-11(14)3/h11-12,14H,6-9H2,1-5H3/t11-,12-,14-,16-,17-/m1/s1. The molecule has 0 aliphatic heterocycles. The molecule has 0 aromatic rings. The smallest absolute Gasteiger partial charge is 0.146 e. The lowest BCUT2D eigenvalue weighted by Gasteiger charge is -2.65. The lowest BCUT2D eigenvalue weighted by atomic mass is 9.37. The van der Waals surface area contributed by atoms with E-state index >= 15 is 0 Å². The van der Waals surface area contributed by atoms with Crippen molar-refractivity contribution in [3.63, 3.8) is 0 Å². The van der Waals surface area contributed by atoms with Gasteiger partial charge in [-0.3, -0.25) is 4.79 Å². The average Bonchev–Trinajstić information content (AvgIpc) is 2.31. The zero-order valence-corrected chi connectivity index (χ0v) is 12.5. The molecule has 4 aliphatic rings. The molecule has 4 bridgehead atoms. The summed E-state index contributed by atoms with van der Waals surface area (Å²) in [6.45, 7) is 11.5. The highest BCUT2D eigenvalue weighted by atomic mass is 16.1. The number of hydrogen-bond donors (Lipinski definition) is 0. The summed E-state index contributed by atoms with van der Waals surface area (Å²) in [6, 6.07) is 0. The zero-order chi connectivity index (χ0) is 13.3. The molecule has 0 heterocycles. The van der Waals surface area contributed by atoms with Crippen molar-refractivity contribution in [1.29, 1.82) is 0 Å². The van der Waals surface area contributed by atoms with Crippen molar-refractivity contribution in [2.75, 3.05) is 0 Å². The van der Waals surface area contributed by atoms with Gasteiger partial charge in [0.1, 0.15) is 5.78 Å². The highest BCUT2D eigenvalue weighted by Gasteiger charge is 2.66. The average molecular weight is 246 g/mol. The van der Waals surface area contributed by atoms with Crippen LogP contribution in [-0.4, -0.2) is 5.78 Å². The number of hydrogen-bond acceptors (Lipinski definition) is 1. The molecule has 0 unspecified atom stereocenters. The van der Waals surface area contributed by atoms with E-state index in [1.807, 2.05) is 0 Å². The summed E-state index contributed by atoms with van der Waals surface area (Å²) in [6.07, 6.45) is 4.68. The van der Waals surface area contributed by atoms with Gasteiger partial charge < -0.3 is 0 Å². The molecule has 0 amide bonds. The van der Waals surface area contributed by atoms with E-state index < -0.39 is 0 Å². The van der Waals surface area contributed by atoms with Gasteiger partial charge in [0.15, 0.2) is 0 Å². The summed E-state index contributed by atoms with van der Waals surface area (Å²) in [4.78, 5) is 12.9. The minimum atomic E-state index is -0.0357. The van der Waals surface area contributed by atoms with Crippen LogP contribution in [0.1, 0.15) is 60.3 Å². The lowest BCUT2D eigenvalue weighted by Crippen LogP contribution is -2.63. The van der Waals surface area contributed by atoms with Gasteiger partial charge in [0.2, 0.25) is 0 Å². The predicted molar refractivity (Wildman–Crippen MR) is 74.2 cm³/mol. The van der Waals surface area contributed by atoms with Crippen molar-refractivity contribution in [3.8, 4) is 0 Å². The Hall–Kier alpha value is -0.590. The Morgan fingerprint density at radius 3 is 2.56 bits per heavy atom. The van der Waals surface area contributed by atoms with Crippen LogP contribution in [0.4, 0.5) is 0 Å². The van der Waals surface area contributed by atoms with Crippen molar-refractivity contribution in [2.45, 2.75) is 60.3 Å². The molecule has 0 saturated heterocycles. The van der Waals surface area contributed by atoms with Crippen LogP contribution < -0.4 is 0 Å². The fourth-order valence-electron chi connectivity index (χ4n) is 5.35. The summed E-state index contributed by atoms with van der Waals surface area (Å²) in [5, 5.41) is 0. The highest BCUT2D eigenvalue weighted by Crippen LogP contribution is 2.69. The molecule has 1 heteroatoms. The molecule has 1 nitrogen and oxygen atoms in total. The summed E-state index contributed by atoms with van der Waals surface area (Å²) >= 11 is 0. The molecule has 4 fully saturated rings. The van der Waals surface area contributed by atoms with Gasteiger partial charge >= 0.3 is 0 Å². The van der Waals surface area contributed by atoms with Crippen LogP contribution in [0, 0.1) is 28.6 Å². The molecular weight excluding hydrogens is 220 g/mol. The number of allylic oxidation sites excluding steroid dienone is 2. The van der Waals surface area contributed by atoms with Gasteiger partial charge in [0.05, 0.1) is 0 Å². The fraction of sp³-hybridized carbons (Fsp3) is 0.824. The first-order valence-electron chi connectivity index (χ1n) is 7.52. The zero-order valence-electron chi connectivity index (χ0n) is 12.5. The Kier molecular flexibility index (Phi) is 2.41. The van der Waals surface area contributed by atoms with Crippen molar-refractivity contribution in [1.82, 2.24) is 0 Å².